The van der Waals surface area contributed by atoms with Gasteiger partial charge in [0.2, 0.25) is 0 Å². The molecule has 0 aliphatic heterocycles. The number of nitrogens with zero attached hydrogens (tertiary/aromatic N) is 2. The van der Waals surface area contributed by atoms with Crippen LogP contribution in [0.15, 0.2) is 52.4 Å². The standard InChI is InChI=1S/C16H17N3S2/c1-2-13(17)15(11-7-8-20-9-11)21-16-12-5-3-4-6-14(12)18-10-19-16/h3-10,13,15H,2,17H2,1H3. The van der Waals surface area contributed by atoms with Crippen LogP contribution in [0, 0.1) is 0 Å². The van der Waals surface area contributed by atoms with Crippen molar-refractivity contribution < 1.29 is 0 Å². The average molecular weight is 315 g/mol. The summed E-state index contributed by atoms with van der Waals surface area (Å²) in [5.41, 5.74) is 8.60. The van der Waals surface area contributed by atoms with Crippen molar-refractivity contribution in [1.82, 2.24) is 9.97 Å². The Bertz CT molecular complexity index is 707. The maximum atomic E-state index is 6.34. The summed E-state index contributed by atoms with van der Waals surface area (Å²) in [4.78, 5) is 8.80. The summed E-state index contributed by atoms with van der Waals surface area (Å²) in [5, 5.41) is 6.59. The highest BCUT2D eigenvalue weighted by Crippen LogP contribution is 2.40. The highest BCUT2D eigenvalue weighted by molar-refractivity contribution is 7.99. The molecule has 2 atom stereocenters. The second-order valence-electron chi connectivity index (χ2n) is 4.86. The Morgan fingerprint density at radius 1 is 1.24 bits per heavy atom. The Hall–Kier alpha value is -1.43. The van der Waals surface area contributed by atoms with E-state index >= 15 is 0 Å². The topological polar surface area (TPSA) is 51.8 Å². The van der Waals surface area contributed by atoms with Crippen LogP contribution in [-0.4, -0.2) is 16.0 Å². The number of thioether (sulfide) groups is 1. The summed E-state index contributed by atoms with van der Waals surface area (Å²) in [6.07, 6.45) is 2.57. The Balaban J connectivity index is 1.98. The zero-order chi connectivity index (χ0) is 14.7. The van der Waals surface area contributed by atoms with Gasteiger partial charge in [0.05, 0.1) is 10.8 Å². The number of thiophene rings is 1. The van der Waals surface area contributed by atoms with Crippen molar-refractivity contribution in [3.8, 4) is 0 Å². The van der Waals surface area contributed by atoms with Crippen molar-refractivity contribution in [2.45, 2.75) is 29.7 Å². The molecule has 0 spiro atoms. The van der Waals surface area contributed by atoms with Gasteiger partial charge in [-0.25, -0.2) is 9.97 Å². The van der Waals surface area contributed by atoms with E-state index in [0.717, 1.165) is 22.3 Å². The zero-order valence-corrected chi connectivity index (χ0v) is 13.4. The average Bonchev–Trinajstić information content (AvgIpc) is 3.06. The fourth-order valence-corrected chi connectivity index (χ4v) is 4.33. The van der Waals surface area contributed by atoms with Gasteiger partial charge in [-0.1, -0.05) is 36.9 Å². The first kappa shape index (κ1) is 14.5. The molecule has 0 aliphatic rings. The molecule has 2 unspecified atom stereocenters. The van der Waals surface area contributed by atoms with Gasteiger partial charge in [-0.15, -0.1) is 0 Å². The van der Waals surface area contributed by atoms with Gasteiger partial charge in [0.15, 0.2) is 0 Å². The van der Waals surface area contributed by atoms with Crippen molar-refractivity contribution in [3.05, 3.63) is 53.0 Å². The normalized spacial score (nSPS) is 14.2. The lowest BCUT2D eigenvalue weighted by atomic mass is 10.1. The van der Waals surface area contributed by atoms with Crippen LogP contribution in [0.5, 0.6) is 0 Å². The van der Waals surface area contributed by atoms with E-state index in [4.69, 9.17) is 5.73 Å². The summed E-state index contributed by atoms with van der Waals surface area (Å²) >= 11 is 3.45. The summed E-state index contributed by atoms with van der Waals surface area (Å²) in [5.74, 6) is 0. The van der Waals surface area contributed by atoms with E-state index in [2.05, 4.69) is 39.8 Å². The molecular formula is C16H17N3S2. The number of fused-ring (bicyclic) bond motifs is 1. The number of hydrogen-bond donors (Lipinski definition) is 1. The predicted octanol–water partition coefficient (Wildman–Crippen LogP) is 4.26. The zero-order valence-electron chi connectivity index (χ0n) is 11.8. The van der Waals surface area contributed by atoms with Gasteiger partial charge in [-0.05, 0) is 34.9 Å². The maximum Gasteiger partial charge on any atom is 0.117 e. The van der Waals surface area contributed by atoms with Crippen LogP contribution in [0.3, 0.4) is 0 Å². The van der Waals surface area contributed by atoms with E-state index in [9.17, 15) is 0 Å². The molecule has 1 aromatic carbocycles. The monoisotopic (exact) mass is 315 g/mol. The summed E-state index contributed by atoms with van der Waals surface area (Å²) in [6, 6.07) is 10.4. The quantitative estimate of drug-likeness (QED) is 0.564. The fraction of sp³-hybridized carbons (Fsp3) is 0.250. The number of nitrogens with two attached hydrogens (primary N) is 1. The van der Waals surface area contributed by atoms with Crippen LogP contribution in [0.25, 0.3) is 10.9 Å². The van der Waals surface area contributed by atoms with E-state index < -0.39 is 0 Å². The molecule has 3 aromatic rings. The summed E-state index contributed by atoms with van der Waals surface area (Å²) in [6.45, 7) is 2.13. The largest absolute Gasteiger partial charge is 0.326 e. The summed E-state index contributed by atoms with van der Waals surface area (Å²) in [7, 11) is 0. The third-order valence-electron chi connectivity index (χ3n) is 3.48. The smallest absolute Gasteiger partial charge is 0.117 e. The molecule has 0 radical (unpaired) electrons. The van der Waals surface area contributed by atoms with Gasteiger partial charge in [-0.2, -0.15) is 11.3 Å². The predicted molar refractivity (Wildman–Crippen MR) is 90.7 cm³/mol. The fourth-order valence-electron chi connectivity index (χ4n) is 2.25. The molecule has 3 nitrogen and oxygen atoms in total. The molecule has 0 fully saturated rings. The summed E-state index contributed by atoms with van der Waals surface area (Å²) < 4.78 is 0. The molecule has 0 saturated carbocycles. The van der Waals surface area contributed by atoms with Gasteiger partial charge >= 0.3 is 0 Å². The SMILES string of the molecule is CCC(N)C(Sc1ncnc2ccccc12)c1ccsc1. The minimum atomic E-state index is 0.110. The van der Waals surface area contributed by atoms with Crippen molar-refractivity contribution in [2.24, 2.45) is 5.73 Å². The Kier molecular flexibility index (Phi) is 4.53. The van der Waals surface area contributed by atoms with Gasteiger partial charge < -0.3 is 5.73 Å². The van der Waals surface area contributed by atoms with Crippen molar-refractivity contribution in [1.29, 1.82) is 0 Å². The first-order valence-electron chi connectivity index (χ1n) is 6.93. The molecule has 0 bridgehead atoms. The first-order chi connectivity index (χ1) is 10.3. The molecule has 2 N–H and O–H groups in total. The molecular weight excluding hydrogens is 298 g/mol. The third-order valence-corrected chi connectivity index (χ3v) is 5.60. The molecule has 0 amide bonds. The van der Waals surface area contributed by atoms with Gasteiger partial charge in [0, 0.05) is 11.4 Å². The maximum absolute atomic E-state index is 6.34. The number of benzene rings is 1. The lowest BCUT2D eigenvalue weighted by Crippen LogP contribution is -2.25. The highest BCUT2D eigenvalue weighted by atomic mass is 32.2. The first-order valence-corrected chi connectivity index (χ1v) is 8.76. The lowest BCUT2D eigenvalue weighted by molar-refractivity contribution is 0.635. The van der Waals surface area contributed by atoms with Gasteiger partial charge in [0.25, 0.3) is 0 Å². The van der Waals surface area contributed by atoms with Crippen molar-refractivity contribution >= 4 is 34.0 Å². The number of hydrogen-bond acceptors (Lipinski definition) is 5. The van der Waals surface area contributed by atoms with Crippen LogP contribution < -0.4 is 5.73 Å². The molecule has 21 heavy (non-hydrogen) atoms. The molecule has 2 aromatic heterocycles. The lowest BCUT2D eigenvalue weighted by Gasteiger charge is -2.21. The van der Waals surface area contributed by atoms with Crippen LogP contribution in [0.4, 0.5) is 0 Å². The number of rotatable bonds is 5. The van der Waals surface area contributed by atoms with Crippen molar-refractivity contribution in [2.75, 3.05) is 0 Å². The molecule has 0 aliphatic carbocycles. The molecule has 2 heterocycles. The Labute approximate surface area is 132 Å². The Morgan fingerprint density at radius 3 is 2.86 bits per heavy atom. The molecule has 5 heteroatoms. The van der Waals surface area contributed by atoms with Crippen molar-refractivity contribution in [3.63, 3.8) is 0 Å². The third kappa shape index (κ3) is 3.10. The van der Waals surface area contributed by atoms with Gasteiger partial charge in [-0.3, -0.25) is 0 Å². The molecule has 3 rings (SSSR count). The van der Waals surface area contributed by atoms with Crippen LogP contribution in [-0.2, 0) is 0 Å². The number of para-hydroxylation sites is 1. The van der Waals surface area contributed by atoms with Gasteiger partial charge in [0.1, 0.15) is 11.4 Å². The van der Waals surface area contributed by atoms with Crippen LogP contribution in [0.1, 0.15) is 24.2 Å². The minimum Gasteiger partial charge on any atom is -0.326 e. The number of aromatic nitrogens is 2. The van der Waals surface area contributed by atoms with Crippen LogP contribution >= 0.6 is 23.1 Å². The highest BCUT2D eigenvalue weighted by Gasteiger charge is 2.22. The van der Waals surface area contributed by atoms with E-state index in [-0.39, 0.29) is 11.3 Å². The van der Waals surface area contributed by atoms with E-state index in [1.54, 1.807) is 29.4 Å². The van der Waals surface area contributed by atoms with E-state index in [0.29, 0.717) is 0 Å². The second-order valence-corrected chi connectivity index (χ2v) is 6.77. The molecule has 0 saturated heterocycles. The minimum absolute atomic E-state index is 0.110. The van der Waals surface area contributed by atoms with E-state index in [1.165, 1.54) is 5.56 Å². The second kappa shape index (κ2) is 6.56. The Morgan fingerprint density at radius 2 is 2.10 bits per heavy atom. The molecule has 108 valence electrons. The van der Waals surface area contributed by atoms with E-state index in [1.807, 2.05) is 18.2 Å². The van der Waals surface area contributed by atoms with Crippen LogP contribution in [0.2, 0.25) is 0 Å².